The summed E-state index contributed by atoms with van der Waals surface area (Å²) in [6, 6.07) is 14.8. The van der Waals surface area contributed by atoms with Crippen molar-refractivity contribution in [2.24, 2.45) is 0 Å². The predicted octanol–water partition coefficient (Wildman–Crippen LogP) is 5.87. The zero-order valence-electron chi connectivity index (χ0n) is 23.0. The van der Waals surface area contributed by atoms with Gasteiger partial charge in [-0.3, -0.25) is 9.29 Å². The lowest BCUT2D eigenvalue weighted by Crippen LogP contribution is -2.25. The highest BCUT2D eigenvalue weighted by molar-refractivity contribution is 7.92. The molecule has 0 radical (unpaired) electrons. The van der Waals surface area contributed by atoms with Crippen molar-refractivity contribution in [3.63, 3.8) is 0 Å². The number of alkyl halides is 2. The molecule has 8 nitrogen and oxygen atoms in total. The van der Waals surface area contributed by atoms with Crippen molar-refractivity contribution in [3.05, 3.63) is 89.5 Å². The highest BCUT2D eigenvalue weighted by Crippen LogP contribution is 2.47. The van der Waals surface area contributed by atoms with E-state index in [2.05, 4.69) is 4.98 Å². The van der Waals surface area contributed by atoms with Gasteiger partial charge in [-0.15, -0.1) is 0 Å². The van der Waals surface area contributed by atoms with Crippen LogP contribution in [0.1, 0.15) is 16.7 Å². The minimum absolute atomic E-state index is 0.0356. The monoisotopic (exact) mass is 599 g/mol. The Balaban J connectivity index is 1.75. The molecule has 42 heavy (non-hydrogen) atoms. The number of hydrogen-bond donors (Lipinski definition) is 1. The first-order valence-electron chi connectivity index (χ1n) is 12.8. The summed E-state index contributed by atoms with van der Waals surface area (Å²) in [5, 5.41) is 11.8. The van der Waals surface area contributed by atoms with Crippen molar-refractivity contribution in [1.82, 2.24) is 9.55 Å². The maximum atomic E-state index is 13.5. The number of halogens is 3. The van der Waals surface area contributed by atoms with E-state index in [1.54, 1.807) is 55.8 Å². The molecule has 0 aliphatic heterocycles. The van der Waals surface area contributed by atoms with Gasteiger partial charge in [0.25, 0.3) is 6.43 Å². The molecule has 0 aliphatic carbocycles. The lowest BCUT2D eigenvalue weighted by Gasteiger charge is -2.22. The highest BCUT2D eigenvalue weighted by atomic mass is 32.2. The first kappa shape index (κ1) is 29.1. The minimum atomic E-state index is -3.84. The predicted molar refractivity (Wildman–Crippen MR) is 155 cm³/mol. The van der Waals surface area contributed by atoms with Gasteiger partial charge in [-0.1, -0.05) is 24.3 Å². The molecule has 0 saturated heterocycles. The van der Waals surface area contributed by atoms with Crippen LogP contribution in [-0.4, -0.2) is 49.9 Å². The van der Waals surface area contributed by atoms with Crippen molar-refractivity contribution in [3.8, 4) is 17.4 Å². The molecule has 2 heterocycles. The van der Waals surface area contributed by atoms with E-state index in [0.29, 0.717) is 23.1 Å². The van der Waals surface area contributed by atoms with Crippen molar-refractivity contribution in [2.75, 3.05) is 24.7 Å². The van der Waals surface area contributed by atoms with Gasteiger partial charge >= 0.3 is 0 Å². The van der Waals surface area contributed by atoms with E-state index in [1.165, 1.54) is 25.4 Å². The van der Waals surface area contributed by atoms with Crippen molar-refractivity contribution < 1.29 is 36.2 Å². The summed E-state index contributed by atoms with van der Waals surface area (Å²) < 4.78 is 79.3. The number of fused-ring (bicyclic) bond motifs is 2. The Bertz CT molecular complexity index is 1860. The number of sulfonamides is 1. The number of pyridine rings is 1. The molecule has 0 amide bonds. The molecule has 0 saturated carbocycles. The number of aromatic hydroxyl groups is 1. The van der Waals surface area contributed by atoms with Gasteiger partial charge in [-0.2, -0.15) is 0 Å². The number of nitrogens with zero attached hydrogens (tertiary/aromatic N) is 3. The summed E-state index contributed by atoms with van der Waals surface area (Å²) in [5.41, 5.74) is 2.63. The molecule has 0 fully saturated rings. The molecule has 0 bridgehead atoms. The lowest BCUT2D eigenvalue weighted by atomic mass is 10.0. The third kappa shape index (κ3) is 5.80. The number of aromatic nitrogens is 2. The number of ether oxygens (including phenoxy) is 2. The van der Waals surface area contributed by atoms with Gasteiger partial charge in [0, 0.05) is 30.2 Å². The summed E-state index contributed by atoms with van der Waals surface area (Å²) in [6.07, 6.45) is 1.47. The molecule has 1 N–H and O–H groups in total. The van der Waals surface area contributed by atoms with Crippen LogP contribution in [0, 0.1) is 5.82 Å². The first-order valence-corrected chi connectivity index (χ1v) is 14.7. The van der Waals surface area contributed by atoms with Gasteiger partial charge < -0.3 is 19.1 Å². The van der Waals surface area contributed by atoms with Crippen molar-refractivity contribution in [1.29, 1.82) is 0 Å². The van der Waals surface area contributed by atoms with Crippen LogP contribution >= 0.6 is 0 Å². The molecular formula is C30H28F3N3O5S. The van der Waals surface area contributed by atoms with Gasteiger partial charge in [0.15, 0.2) is 5.75 Å². The van der Waals surface area contributed by atoms with E-state index in [9.17, 15) is 26.7 Å². The van der Waals surface area contributed by atoms with E-state index in [0.717, 1.165) is 26.3 Å². The van der Waals surface area contributed by atoms with Crippen LogP contribution in [0.4, 0.5) is 18.9 Å². The highest BCUT2D eigenvalue weighted by Gasteiger charge is 2.28. The molecule has 0 atom stereocenters. The molecule has 5 rings (SSSR count). The van der Waals surface area contributed by atoms with E-state index in [1.807, 2.05) is 0 Å². The second kappa shape index (κ2) is 11.4. The maximum Gasteiger partial charge on any atom is 0.256 e. The Morgan fingerprint density at radius 1 is 1.02 bits per heavy atom. The maximum absolute atomic E-state index is 13.5. The fourth-order valence-electron chi connectivity index (χ4n) is 4.83. The third-order valence-electron chi connectivity index (χ3n) is 6.96. The zero-order chi connectivity index (χ0) is 30.2. The Kier molecular flexibility index (Phi) is 7.91. The Labute approximate surface area is 240 Å². The third-order valence-corrected chi connectivity index (χ3v) is 8.13. The number of hydrogen-bond acceptors (Lipinski definition) is 6. The van der Waals surface area contributed by atoms with Crippen LogP contribution in [0.5, 0.6) is 17.4 Å². The molecule has 3 aromatic carbocycles. The largest absolute Gasteiger partial charge is 0.497 e. The van der Waals surface area contributed by atoms with Crippen LogP contribution in [-0.2, 0) is 29.6 Å². The topological polar surface area (TPSA) is 93.9 Å². The Hall–Kier alpha value is -4.45. The summed E-state index contributed by atoms with van der Waals surface area (Å²) in [5.74, 6) is -0.115. The Morgan fingerprint density at radius 2 is 1.69 bits per heavy atom. The molecule has 2 aromatic heterocycles. The standard InChI is InChI=1S/C30H28F3N3O5S/c1-35(42(3,38)39)28-23-13-20(12-18-4-8-21(31)9-5-18)14-34-27(23)29(41-17-19-6-10-22(40-2)11-7-19)26-24(28)15-36(30(26)37)16-25(32)33/h4-11,13-15,25,37H,12,16-17H2,1-3H3. The second-order valence-electron chi connectivity index (χ2n) is 9.87. The normalized spacial score (nSPS) is 11.9. The van der Waals surface area contributed by atoms with Gasteiger partial charge in [0.2, 0.25) is 15.9 Å². The molecule has 220 valence electrons. The van der Waals surface area contributed by atoms with Crippen LogP contribution < -0.4 is 13.8 Å². The number of anilines is 1. The van der Waals surface area contributed by atoms with E-state index >= 15 is 0 Å². The van der Waals surface area contributed by atoms with Gasteiger partial charge in [0.1, 0.15) is 23.7 Å². The SMILES string of the molecule is COc1ccc(COc2c3ncc(Cc4ccc(F)cc4)cc3c(N(C)S(C)(=O)=O)c3cn(CC(F)F)c(O)c23)cc1. The summed E-state index contributed by atoms with van der Waals surface area (Å²) in [7, 11) is -0.954. The van der Waals surface area contributed by atoms with Crippen LogP contribution in [0.15, 0.2) is 67.0 Å². The average Bonchev–Trinajstić information content (AvgIpc) is 3.26. The molecular weight excluding hydrogens is 571 g/mol. The first-order chi connectivity index (χ1) is 20.0. The molecule has 0 aliphatic rings. The summed E-state index contributed by atoms with van der Waals surface area (Å²) >= 11 is 0. The van der Waals surface area contributed by atoms with Gasteiger partial charge in [-0.25, -0.2) is 21.6 Å². The second-order valence-corrected chi connectivity index (χ2v) is 11.9. The molecule has 0 unspecified atom stereocenters. The summed E-state index contributed by atoms with van der Waals surface area (Å²) in [6.45, 7) is -0.784. The fraction of sp³-hybridized carbons (Fsp3) is 0.233. The fourth-order valence-corrected chi connectivity index (χ4v) is 5.36. The number of benzene rings is 3. The molecule has 5 aromatic rings. The van der Waals surface area contributed by atoms with Crippen LogP contribution in [0.25, 0.3) is 21.7 Å². The number of rotatable bonds is 10. The van der Waals surface area contributed by atoms with E-state index in [-0.39, 0.29) is 40.2 Å². The van der Waals surface area contributed by atoms with E-state index in [4.69, 9.17) is 9.47 Å². The van der Waals surface area contributed by atoms with Gasteiger partial charge in [0.05, 0.1) is 31.0 Å². The smallest absolute Gasteiger partial charge is 0.256 e. The van der Waals surface area contributed by atoms with Crippen molar-refractivity contribution in [2.45, 2.75) is 26.0 Å². The van der Waals surface area contributed by atoms with Crippen molar-refractivity contribution >= 4 is 37.4 Å². The summed E-state index contributed by atoms with van der Waals surface area (Å²) in [4.78, 5) is 4.61. The number of methoxy groups -OCH3 is 1. The van der Waals surface area contributed by atoms with E-state index < -0.39 is 28.9 Å². The lowest BCUT2D eigenvalue weighted by molar-refractivity contribution is 0.123. The molecule has 0 spiro atoms. The Morgan fingerprint density at radius 3 is 2.31 bits per heavy atom. The average molecular weight is 600 g/mol. The van der Waals surface area contributed by atoms with Crippen LogP contribution in [0.3, 0.4) is 0 Å². The zero-order valence-corrected chi connectivity index (χ0v) is 23.8. The minimum Gasteiger partial charge on any atom is -0.497 e. The van der Waals surface area contributed by atoms with Gasteiger partial charge in [-0.05, 0) is 53.4 Å². The molecule has 12 heteroatoms. The van der Waals surface area contributed by atoms with Crippen LogP contribution in [0.2, 0.25) is 0 Å². The quantitative estimate of drug-likeness (QED) is 0.216.